The predicted molar refractivity (Wildman–Crippen MR) is 123 cm³/mol. The molecule has 30 heavy (non-hydrogen) atoms. The minimum atomic E-state index is -0.239. The summed E-state index contributed by atoms with van der Waals surface area (Å²) in [5.74, 6) is 0.792. The summed E-state index contributed by atoms with van der Waals surface area (Å²) in [6.45, 7) is 4.34. The van der Waals surface area contributed by atoms with E-state index < -0.39 is 0 Å². The van der Waals surface area contributed by atoms with Gasteiger partial charge in [0.15, 0.2) is 5.13 Å². The van der Waals surface area contributed by atoms with E-state index in [4.69, 9.17) is 16.7 Å². The molecule has 2 aromatic carbocycles. The lowest BCUT2D eigenvalue weighted by molar-refractivity contribution is 0.102. The third-order valence-corrected chi connectivity index (χ3v) is 5.89. The fourth-order valence-electron chi connectivity index (χ4n) is 3.41. The molecular weight excluding hydrogens is 418 g/mol. The lowest BCUT2D eigenvalue weighted by Gasteiger charge is -2.03. The number of aliphatic hydroxyl groups excluding tert-OH is 1. The van der Waals surface area contributed by atoms with Crippen LogP contribution in [0.1, 0.15) is 35.3 Å². The third-order valence-electron chi connectivity index (χ3n) is 4.82. The quantitative estimate of drug-likeness (QED) is 0.406. The number of hydrogen-bond acceptors (Lipinski definition) is 4. The van der Waals surface area contributed by atoms with Gasteiger partial charge in [-0.1, -0.05) is 43.6 Å². The largest absolute Gasteiger partial charge is 0.392 e. The van der Waals surface area contributed by atoms with Crippen molar-refractivity contribution in [3.63, 3.8) is 0 Å². The summed E-state index contributed by atoms with van der Waals surface area (Å²) in [5.41, 5.74) is 3.53. The summed E-state index contributed by atoms with van der Waals surface area (Å²) in [4.78, 5) is 17.1. The van der Waals surface area contributed by atoms with Gasteiger partial charge in [-0.05, 0) is 47.7 Å². The van der Waals surface area contributed by atoms with Crippen LogP contribution in [0.15, 0.2) is 54.0 Å². The molecule has 0 aliphatic rings. The number of benzene rings is 2. The van der Waals surface area contributed by atoms with Gasteiger partial charge < -0.3 is 10.4 Å². The van der Waals surface area contributed by atoms with E-state index in [1.165, 1.54) is 16.9 Å². The first-order chi connectivity index (χ1) is 14.4. The lowest BCUT2D eigenvalue weighted by atomic mass is 10.0. The lowest BCUT2D eigenvalue weighted by Crippen LogP contribution is -2.12. The van der Waals surface area contributed by atoms with Gasteiger partial charge in [0.05, 0.1) is 12.1 Å². The van der Waals surface area contributed by atoms with E-state index in [0.29, 0.717) is 22.3 Å². The number of carbonyl (C=O) groups is 1. The number of aromatic nitrogens is 2. The first-order valence-electron chi connectivity index (χ1n) is 9.71. The Bertz CT molecular complexity index is 1200. The van der Waals surface area contributed by atoms with Crippen molar-refractivity contribution in [2.24, 2.45) is 5.92 Å². The maximum Gasteiger partial charge on any atom is 0.256 e. The first-order valence-corrected chi connectivity index (χ1v) is 11.0. The van der Waals surface area contributed by atoms with Crippen molar-refractivity contribution in [3.05, 3.63) is 75.8 Å². The van der Waals surface area contributed by atoms with Crippen molar-refractivity contribution in [1.29, 1.82) is 0 Å². The van der Waals surface area contributed by atoms with Crippen LogP contribution < -0.4 is 5.32 Å². The number of anilines is 1. The Morgan fingerprint density at radius 1 is 1.23 bits per heavy atom. The predicted octanol–water partition coefficient (Wildman–Crippen LogP) is 5.68. The molecule has 0 aliphatic carbocycles. The smallest absolute Gasteiger partial charge is 0.256 e. The molecule has 0 atom stereocenters. The van der Waals surface area contributed by atoms with Crippen LogP contribution in [0.25, 0.3) is 16.0 Å². The molecule has 7 heteroatoms. The highest BCUT2D eigenvalue weighted by molar-refractivity contribution is 7.12. The highest BCUT2D eigenvalue weighted by atomic mass is 35.5. The first kappa shape index (κ1) is 20.6. The van der Waals surface area contributed by atoms with E-state index in [1.54, 1.807) is 24.3 Å². The van der Waals surface area contributed by atoms with E-state index in [-0.39, 0.29) is 12.5 Å². The van der Waals surface area contributed by atoms with Crippen molar-refractivity contribution in [2.45, 2.75) is 26.9 Å². The molecule has 0 spiro atoms. The van der Waals surface area contributed by atoms with Crippen molar-refractivity contribution >= 4 is 45.6 Å². The van der Waals surface area contributed by atoms with E-state index in [2.05, 4.69) is 36.4 Å². The van der Waals surface area contributed by atoms with Gasteiger partial charge in [0, 0.05) is 27.5 Å². The Morgan fingerprint density at radius 2 is 2.00 bits per heavy atom. The Hall–Kier alpha value is -2.67. The van der Waals surface area contributed by atoms with Crippen LogP contribution in [0.3, 0.4) is 0 Å². The molecular formula is C23H22ClN3O2S. The molecule has 5 nitrogen and oxygen atoms in total. The molecule has 0 aliphatic heterocycles. The van der Waals surface area contributed by atoms with Gasteiger partial charge in [0.1, 0.15) is 5.82 Å². The second kappa shape index (κ2) is 8.60. The Kier molecular flexibility index (Phi) is 5.90. The molecule has 2 N–H and O–H groups in total. The molecule has 154 valence electrons. The SMILES string of the molecule is CC(C)Cc1cn(-c2nc(NC(=O)c3ccc(CO)cc3)cs2)c2cc(Cl)ccc12. The topological polar surface area (TPSA) is 67.2 Å². The minimum Gasteiger partial charge on any atom is -0.392 e. The number of nitrogens with zero attached hydrogens (tertiary/aromatic N) is 2. The summed E-state index contributed by atoms with van der Waals surface area (Å²) in [6.07, 6.45) is 3.07. The van der Waals surface area contributed by atoms with Crippen molar-refractivity contribution in [2.75, 3.05) is 5.32 Å². The maximum atomic E-state index is 12.5. The van der Waals surface area contributed by atoms with Crippen LogP contribution in [0.4, 0.5) is 5.82 Å². The van der Waals surface area contributed by atoms with Gasteiger partial charge >= 0.3 is 0 Å². The van der Waals surface area contributed by atoms with E-state index in [1.807, 2.05) is 22.1 Å². The van der Waals surface area contributed by atoms with Gasteiger partial charge in [-0.3, -0.25) is 9.36 Å². The second-order valence-electron chi connectivity index (χ2n) is 7.61. The molecule has 1 amide bonds. The zero-order valence-electron chi connectivity index (χ0n) is 16.7. The van der Waals surface area contributed by atoms with Crippen molar-refractivity contribution in [3.8, 4) is 5.13 Å². The number of carbonyl (C=O) groups excluding carboxylic acids is 1. The zero-order valence-corrected chi connectivity index (χ0v) is 18.3. The number of aliphatic hydroxyl groups is 1. The highest BCUT2D eigenvalue weighted by Crippen LogP contribution is 2.31. The number of thiazole rings is 1. The monoisotopic (exact) mass is 439 g/mol. The molecule has 0 bridgehead atoms. The number of halogens is 1. The average Bonchev–Trinajstić information content (AvgIpc) is 3.32. The second-order valence-corrected chi connectivity index (χ2v) is 8.88. The number of hydrogen-bond donors (Lipinski definition) is 2. The van der Waals surface area contributed by atoms with Crippen molar-refractivity contribution in [1.82, 2.24) is 9.55 Å². The van der Waals surface area contributed by atoms with Crippen LogP contribution in [0, 0.1) is 5.92 Å². The van der Waals surface area contributed by atoms with Gasteiger partial charge in [-0.2, -0.15) is 0 Å². The van der Waals surface area contributed by atoms with Crippen LogP contribution in [0.2, 0.25) is 5.02 Å². The number of amides is 1. The number of rotatable bonds is 6. The van der Waals surface area contributed by atoms with Gasteiger partial charge in [0.25, 0.3) is 5.91 Å². The Balaban J connectivity index is 1.62. The highest BCUT2D eigenvalue weighted by Gasteiger charge is 2.15. The molecule has 4 aromatic rings. The normalized spacial score (nSPS) is 11.4. The molecule has 2 aromatic heterocycles. The zero-order chi connectivity index (χ0) is 21.3. The molecule has 0 fully saturated rings. The van der Waals surface area contributed by atoms with Gasteiger partial charge in [-0.15, -0.1) is 11.3 Å². The minimum absolute atomic E-state index is 0.0506. The van der Waals surface area contributed by atoms with E-state index >= 15 is 0 Å². The fourth-order valence-corrected chi connectivity index (χ4v) is 4.32. The summed E-state index contributed by atoms with van der Waals surface area (Å²) in [6, 6.07) is 12.7. The fraction of sp³-hybridized carbons (Fsp3) is 0.217. The summed E-state index contributed by atoms with van der Waals surface area (Å²) >= 11 is 7.71. The number of fused-ring (bicyclic) bond motifs is 1. The summed E-state index contributed by atoms with van der Waals surface area (Å²) < 4.78 is 2.04. The molecule has 0 radical (unpaired) electrons. The maximum absolute atomic E-state index is 12.5. The Morgan fingerprint density at radius 3 is 2.70 bits per heavy atom. The molecule has 0 saturated carbocycles. The van der Waals surface area contributed by atoms with Crippen molar-refractivity contribution < 1.29 is 9.90 Å². The van der Waals surface area contributed by atoms with E-state index in [9.17, 15) is 4.79 Å². The molecule has 0 unspecified atom stereocenters. The molecule has 0 saturated heterocycles. The Labute approximate surface area is 184 Å². The van der Waals surface area contributed by atoms with Crippen LogP contribution in [-0.2, 0) is 13.0 Å². The van der Waals surface area contributed by atoms with Crippen LogP contribution >= 0.6 is 22.9 Å². The van der Waals surface area contributed by atoms with Crippen LogP contribution in [-0.4, -0.2) is 20.6 Å². The summed E-state index contributed by atoms with van der Waals surface area (Å²) in [5, 5.41) is 16.4. The summed E-state index contributed by atoms with van der Waals surface area (Å²) in [7, 11) is 0. The van der Waals surface area contributed by atoms with Gasteiger partial charge in [-0.25, -0.2) is 4.98 Å². The molecule has 2 heterocycles. The molecule has 4 rings (SSSR count). The average molecular weight is 440 g/mol. The third kappa shape index (κ3) is 4.26. The van der Waals surface area contributed by atoms with Crippen LogP contribution in [0.5, 0.6) is 0 Å². The van der Waals surface area contributed by atoms with Gasteiger partial charge in [0.2, 0.25) is 0 Å². The standard InChI is InChI=1S/C23H22ClN3O2S/c1-14(2)9-17-11-27(20-10-18(24)7-8-19(17)20)23-26-21(13-30-23)25-22(29)16-5-3-15(12-28)4-6-16/h3-8,10-11,13-14,28H,9,12H2,1-2H3,(H,25,29). The number of nitrogens with one attached hydrogen (secondary N) is 1. The van der Waals surface area contributed by atoms with E-state index in [0.717, 1.165) is 28.0 Å².